The van der Waals surface area contributed by atoms with Crippen molar-refractivity contribution in [3.63, 3.8) is 0 Å². The second kappa shape index (κ2) is 7.93. The predicted molar refractivity (Wildman–Crippen MR) is 79.8 cm³/mol. The maximum Gasteiger partial charge on any atom is 0.330 e. The monoisotopic (exact) mass is 325 g/mol. The van der Waals surface area contributed by atoms with Crippen LogP contribution in [0.25, 0.3) is 10.4 Å². The number of aromatic amines is 1. The molecular formula is C13H19N5O5. The van der Waals surface area contributed by atoms with Gasteiger partial charge in [-0.2, -0.15) is 0 Å². The lowest BCUT2D eigenvalue weighted by Gasteiger charge is -2.15. The van der Waals surface area contributed by atoms with Gasteiger partial charge in [0.25, 0.3) is 5.56 Å². The number of azide groups is 1. The lowest BCUT2D eigenvalue weighted by Crippen LogP contribution is -2.34. The molecule has 0 aliphatic carbocycles. The first-order valence-corrected chi connectivity index (χ1v) is 7.33. The zero-order valence-corrected chi connectivity index (χ0v) is 12.7. The normalized spacial score (nSPS) is 23.7. The van der Waals surface area contributed by atoms with Crippen LogP contribution >= 0.6 is 0 Å². The standard InChI is InChI=1S/C13H19N5O5/c1-2-3-22-7-8-5-18(13(21)15-12(8)20)11-4-9(16-17-14)10(6-19)23-11/h5,9-11,19H,2-4,6-7H2,1H3,(H,15,20,21)/t9-,10+,11+/m0/s1. The van der Waals surface area contributed by atoms with Gasteiger partial charge in [0.2, 0.25) is 0 Å². The van der Waals surface area contributed by atoms with Crippen LogP contribution in [0.1, 0.15) is 31.6 Å². The SMILES string of the molecule is CCCOCc1cn([C@H]2C[C@H](N=[N+]=[N-])[C@@H](CO)O2)c(=O)[nH]c1=O. The Bertz CT molecular complexity index is 693. The number of H-pyrrole nitrogens is 1. The Morgan fingerprint density at radius 2 is 2.39 bits per heavy atom. The van der Waals surface area contributed by atoms with Crippen molar-refractivity contribution in [3.05, 3.63) is 43.0 Å². The first-order chi connectivity index (χ1) is 11.1. The van der Waals surface area contributed by atoms with Crippen LogP contribution in [0.2, 0.25) is 0 Å². The third-order valence-corrected chi connectivity index (χ3v) is 3.54. The molecule has 10 nitrogen and oxygen atoms in total. The van der Waals surface area contributed by atoms with Gasteiger partial charge in [0, 0.05) is 24.1 Å². The number of hydrogen-bond donors (Lipinski definition) is 2. The summed E-state index contributed by atoms with van der Waals surface area (Å²) >= 11 is 0. The average Bonchev–Trinajstić information content (AvgIpc) is 2.93. The Hall–Kier alpha value is -2.13. The fourth-order valence-electron chi connectivity index (χ4n) is 2.41. The number of aromatic nitrogens is 2. The van der Waals surface area contributed by atoms with Crippen LogP contribution in [0.4, 0.5) is 0 Å². The molecule has 2 N–H and O–H groups in total. The summed E-state index contributed by atoms with van der Waals surface area (Å²) in [4.78, 5) is 28.7. The molecule has 0 spiro atoms. The summed E-state index contributed by atoms with van der Waals surface area (Å²) in [6.45, 7) is 2.20. The van der Waals surface area contributed by atoms with Crippen molar-refractivity contribution in [1.29, 1.82) is 0 Å². The zero-order chi connectivity index (χ0) is 16.8. The van der Waals surface area contributed by atoms with Gasteiger partial charge in [-0.15, -0.1) is 0 Å². The van der Waals surface area contributed by atoms with E-state index in [9.17, 15) is 14.7 Å². The Labute approximate surface area is 131 Å². The lowest BCUT2D eigenvalue weighted by atomic mass is 10.1. The van der Waals surface area contributed by atoms with Crippen molar-refractivity contribution in [2.75, 3.05) is 13.2 Å². The molecule has 3 atom stereocenters. The Morgan fingerprint density at radius 3 is 3.04 bits per heavy atom. The van der Waals surface area contributed by atoms with Gasteiger partial charge in [-0.3, -0.25) is 14.3 Å². The quantitative estimate of drug-likeness (QED) is 0.323. The van der Waals surface area contributed by atoms with Crippen LogP contribution in [0.5, 0.6) is 0 Å². The van der Waals surface area contributed by atoms with Gasteiger partial charge in [-0.25, -0.2) is 4.79 Å². The molecule has 1 saturated heterocycles. The summed E-state index contributed by atoms with van der Waals surface area (Å²) in [5.74, 6) is 0. The van der Waals surface area contributed by atoms with E-state index in [1.54, 1.807) is 0 Å². The topological polar surface area (TPSA) is 142 Å². The Morgan fingerprint density at radius 1 is 1.61 bits per heavy atom. The minimum absolute atomic E-state index is 0.0827. The van der Waals surface area contributed by atoms with Crippen LogP contribution in [0.3, 0.4) is 0 Å². The molecule has 0 aromatic carbocycles. The molecule has 126 valence electrons. The van der Waals surface area contributed by atoms with Gasteiger partial charge in [0.1, 0.15) is 6.23 Å². The zero-order valence-electron chi connectivity index (χ0n) is 12.7. The molecule has 0 saturated carbocycles. The van der Waals surface area contributed by atoms with Gasteiger partial charge in [0.15, 0.2) is 0 Å². The highest BCUT2D eigenvalue weighted by atomic mass is 16.5. The van der Waals surface area contributed by atoms with E-state index in [0.717, 1.165) is 6.42 Å². The highest BCUT2D eigenvalue weighted by Gasteiger charge is 2.35. The van der Waals surface area contributed by atoms with Crippen molar-refractivity contribution in [3.8, 4) is 0 Å². The fraction of sp³-hybridized carbons (Fsp3) is 0.692. The predicted octanol–water partition coefficient (Wildman–Crippen LogP) is 0.422. The van der Waals surface area contributed by atoms with E-state index >= 15 is 0 Å². The molecular weight excluding hydrogens is 306 g/mol. The molecule has 10 heteroatoms. The van der Waals surface area contributed by atoms with Gasteiger partial charge in [0.05, 0.1) is 30.9 Å². The minimum atomic E-state index is -0.725. The van der Waals surface area contributed by atoms with Crippen LogP contribution < -0.4 is 11.2 Å². The number of ether oxygens (including phenoxy) is 2. The summed E-state index contributed by atoms with van der Waals surface area (Å²) in [6, 6.07) is -0.575. The molecule has 23 heavy (non-hydrogen) atoms. The molecule has 0 radical (unpaired) electrons. The number of nitrogens with zero attached hydrogens (tertiary/aromatic N) is 4. The summed E-state index contributed by atoms with van der Waals surface area (Å²) in [5, 5.41) is 12.8. The Kier molecular flexibility index (Phi) is 5.94. The molecule has 2 heterocycles. The number of aliphatic hydroxyl groups is 1. The van der Waals surface area contributed by atoms with Crippen LogP contribution in [-0.4, -0.2) is 40.0 Å². The lowest BCUT2D eigenvalue weighted by molar-refractivity contribution is -0.0274. The van der Waals surface area contributed by atoms with E-state index < -0.39 is 29.6 Å². The largest absolute Gasteiger partial charge is 0.394 e. The number of nitrogens with one attached hydrogen (secondary N) is 1. The maximum absolute atomic E-state index is 12.0. The summed E-state index contributed by atoms with van der Waals surface area (Å²) in [6.07, 6.45) is 1.02. The molecule has 0 amide bonds. The van der Waals surface area contributed by atoms with Crippen LogP contribution in [-0.2, 0) is 16.1 Å². The summed E-state index contributed by atoms with van der Waals surface area (Å²) in [5.41, 5.74) is 7.71. The Balaban J connectivity index is 2.25. The van der Waals surface area contributed by atoms with Crippen LogP contribution in [0, 0.1) is 0 Å². The second-order valence-corrected chi connectivity index (χ2v) is 5.19. The first kappa shape index (κ1) is 17.2. The van der Waals surface area contributed by atoms with E-state index in [-0.39, 0.29) is 19.6 Å². The smallest absolute Gasteiger partial charge is 0.330 e. The highest BCUT2D eigenvalue weighted by Crippen LogP contribution is 2.29. The van der Waals surface area contributed by atoms with E-state index in [2.05, 4.69) is 15.0 Å². The molecule has 1 fully saturated rings. The van der Waals surface area contributed by atoms with Crippen LogP contribution in [0.15, 0.2) is 20.9 Å². The van der Waals surface area contributed by atoms with Gasteiger partial charge in [-0.1, -0.05) is 12.0 Å². The third kappa shape index (κ3) is 3.99. The van der Waals surface area contributed by atoms with E-state index in [1.165, 1.54) is 10.8 Å². The molecule has 1 aromatic heterocycles. The van der Waals surface area contributed by atoms with Crippen molar-refractivity contribution < 1.29 is 14.6 Å². The van der Waals surface area contributed by atoms with Crippen molar-refractivity contribution in [2.45, 2.75) is 44.7 Å². The van der Waals surface area contributed by atoms with E-state index in [0.29, 0.717) is 12.2 Å². The number of hydrogen-bond acceptors (Lipinski definition) is 6. The first-order valence-electron chi connectivity index (χ1n) is 7.33. The molecule has 1 aliphatic rings. The maximum atomic E-state index is 12.0. The average molecular weight is 325 g/mol. The van der Waals surface area contributed by atoms with Gasteiger partial charge >= 0.3 is 5.69 Å². The summed E-state index contributed by atoms with van der Waals surface area (Å²) in [7, 11) is 0. The molecule has 1 aromatic rings. The number of rotatable bonds is 7. The highest BCUT2D eigenvalue weighted by molar-refractivity contribution is 5.04. The summed E-state index contributed by atoms with van der Waals surface area (Å²) < 4.78 is 12.1. The van der Waals surface area contributed by atoms with E-state index in [1.807, 2.05) is 6.92 Å². The van der Waals surface area contributed by atoms with E-state index in [4.69, 9.17) is 15.0 Å². The van der Waals surface area contributed by atoms with Gasteiger partial charge < -0.3 is 14.6 Å². The van der Waals surface area contributed by atoms with Crippen molar-refractivity contribution in [2.24, 2.45) is 5.11 Å². The van der Waals surface area contributed by atoms with Crippen molar-refractivity contribution in [1.82, 2.24) is 9.55 Å². The fourth-order valence-corrected chi connectivity index (χ4v) is 2.41. The third-order valence-electron chi connectivity index (χ3n) is 3.54. The molecule has 0 unspecified atom stereocenters. The second-order valence-electron chi connectivity index (χ2n) is 5.19. The minimum Gasteiger partial charge on any atom is -0.394 e. The molecule has 2 rings (SSSR count). The van der Waals surface area contributed by atoms with Gasteiger partial charge in [-0.05, 0) is 12.0 Å². The molecule has 1 aliphatic heterocycles. The number of aliphatic hydroxyl groups excluding tert-OH is 1. The van der Waals surface area contributed by atoms with Crippen molar-refractivity contribution >= 4 is 0 Å². The molecule has 0 bridgehead atoms.